The van der Waals surface area contributed by atoms with Crippen LogP contribution >= 0.6 is 11.6 Å². The molecule has 9 heteroatoms. The number of hydrogen-bond donors (Lipinski definition) is 2. The van der Waals surface area contributed by atoms with Gasteiger partial charge in [0.15, 0.2) is 5.75 Å². The zero-order valence-electron chi connectivity index (χ0n) is 18.3. The third-order valence-electron chi connectivity index (χ3n) is 5.97. The van der Waals surface area contributed by atoms with Crippen molar-refractivity contribution in [2.24, 2.45) is 4.99 Å². The van der Waals surface area contributed by atoms with Gasteiger partial charge in [0.2, 0.25) is 11.5 Å². The Morgan fingerprint density at radius 3 is 2.78 bits per heavy atom. The molecule has 1 fully saturated rings. The van der Waals surface area contributed by atoms with Crippen LogP contribution in [0.5, 0.6) is 5.75 Å². The number of ether oxygens (including phenoxy) is 1. The molecule has 1 saturated heterocycles. The molecule has 0 bridgehead atoms. The van der Waals surface area contributed by atoms with Gasteiger partial charge in [-0.2, -0.15) is 0 Å². The molecule has 1 aromatic carbocycles. The van der Waals surface area contributed by atoms with E-state index in [2.05, 4.69) is 22.0 Å². The lowest BCUT2D eigenvalue weighted by molar-refractivity contribution is -0.126. The number of hydrogen-bond acceptors (Lipinski definition) is 5. The lowest BCUT2D eigenvalue weighted by Crippen LogP contribution is -2.44. The second-order valence-corrected chi connectivity index (χ2v) is 8.81. The molecule has 2 N–H and O–H groups in total. The van der Waals surface area contributed by atoms with Crippen molar-refractivity contribution in [3.05, 3.63) is 44.0 Å². The molecule has 0 spiro atoms. The number of carbonyl (C=O) groups excluding carboxylic acids is 1. The Bertz CT molecular complexity index is 1130. The van der Waals surface area contributed by atoms with E-state index < -0.39 is 0 Å². The second kappa shape index (κ2) is 10.4. The van der Waals surface area contributed by atoms with E-state index in [4.69, 9.17) is 16.3 Å². The SMILES string of the molecule is C=c1c(=O)[nH]c2n1Cc1ccc(Cl)c(OCCCCCCC(=O)NN3CCCCC3)c1N=2. The van der Waals surface area contributed by atoms with Crippen molar-refractivity contribution in [1.29, 1.82) is 0 Å². The fourth-order valence-electron chi connectivity index (χ4n) is 4.15. The fraction of sp³-hybridized carbons (Fsp3) is 0.522. The van der Waals surface area contributed by atoms with Crippen molar-refractivity contribution in [3.63, 3.8) is 0 Å². The maximum atomic E-state index is 12.0. The smallest absolute Gasteiger partial charge is 0.274 e. The van der Waals surface area contributed by atoms with Gasteiger partial charge in [0.05, 0.1) is 18.2 Å². The molecule has 2 aliphatic rings. The molecule has 0 unspecified atom stereocenters. The summed E-state index contributed by atoms with van der Waals surface area (Å²) in [7, 11) is 0. The summed E-state index contributed by atoms with van der Waals surface area (Å²) in [5.74, 6) is 0.657. The van der Waals surface area contributed by atoms with E-state index in [1.165, 1.54) is 6.42 Å². The van der Waals surface area contributed by atoms with E-state index in [0.717, 1.165) is 57.2 Å². The average Bonchev–Trinajstić information content (AvgIpc) is 3.06. The summed E-state index contributed by atoms with van der Waals surface area (Å²) >= 11 is 6.38. The molecule has 8 nitrogen and oxygen atoms in total. The number of piperidine rings is 1. The molecule has 0 saturated carbocycles. The lowest BCUT2D eigenvalue weighted by Gasteiger charge is -2.26. The monoisotopic (exact) mass is 459 g/mol. The summed E-state index contributed by atoms with van der Waals surface area (Å²) in [6.45, 7) is 6.74. The van der Waals surface area contributed by atoms with E-state index >= 15 is 0 Å². The van der Waals surface area contributed by atoms with Gasteiger partial charge in [0, 0.05) is 25.1 Å². The van der Waals surface area contributed by atoms with Crippen LogP contribution in [0.3, 0.4) is 0 Å². The van der Waals surface area contributed by atoms with Gasteiger partial charge in [-0.15, -0.1) is 0 Å². The van der Waals surface area contributed by atoms with E-state index in [-0.39, 0.29) is 11.5 Å². The van der Waals surface area contributed by atoms with Crippen molar-refractivity contribution in [2.75, 3.05) is 19.7 Å². The van der Waals surface area contributed by atoms with Crippen LogP contribution in [0.4, 0.5) is 5.69 Å². The van der Waals surface area contributed by atoms with Crippen molar-refractivity contribution in [3.8, 4) is 5.75 Å². The lowest BCUT2D eigenvalue weighted by atomic mass is 10.1. The molecule has 4 rings (SSSR count). The van der Waals surface area contributed by atoms with Crippen LogP contribution in [-0.2, 0) is 11.3 Å². The summed E-state index contributed by atoms with van der Waals surface area (Å²) < 4.78 is 7.74. The normalized spacial score (nSPS) is 15.5. The number of H-pyrrole nitrogens is 1. The van der Waals surface area contributed by atoms with Crippen LogP contribution < -0.4 is 26.7 Å². The van der Waals surface area contributed by atoms with Crippen molar-refractivity contribution in [1.82, 2.24) is 20.0 Å². The molecule has 2 aromatic rings. The van der Waals surface area contributed by atoms with Gasteiger partial charge < -0.3 is 9.30 Å². The first-order valence-corrected chi connectivity index (χ1v) is 11.8. The summed E-state index contributed by atoms with van der Waals surface area (Å²) in [6.07, 6.45) is 7.81. The van der Waals surface area contributed by atoms with Gasteiger partial charge in [-0.05, 0) is 31.7 Å². The van der Waals surface area contributed by atoms with E-state index in [1.54, 1.807) is 10.6 Å². The third kappa shape index (κ3) is 5.24. The van der Waals surface area contributed by atoms with Crippen molar-refractivity contribution < 1.29 is 9.53 Å². The molecule has 32 heavy (non-hydrogen) atoms. The van der Waals surface area contributed by atoms with Crippen molar-refractivity contribution in [2.45, 2.75) is 57.9 Å². The number of imidazole rings is 1. The highest BCUT2D eigenvalue weighted by Gasteiger charge is 2.19. The number of amides is 1. The number of unbranched alkanes of at least 4 members (excludes halogenated alkanes) is 3. The number of carbonyl (C=O) groups is 1. The Morgan fingerprint density at radius 1 is 1.19 bits per heavy atom. The first-order chi connectivity index (χ1) is 15.5. The molecular weight excluding hydrogens is 430 g/mol. The third-order valence-corrected chi connectivity index (χ3v) is 6.26. The molecule has 172 valence electrons. The number of halogens is 1. The van der Waals surface area contributed by atoms with E-state index in [9.17, 15) is 9.59 Å². The number of hydrazine groups is 1. The minimum absolute atomic E-state index is 0.112. The number of benzene rings is 1. The van der Waals surface area contributed by atoms with E-state index in [1.807, 2.05) is 11.1 Å². The summed E-state index contributed by atoms with van der Waals surface area (Å²) in [6, 6.07) is 3.70. The molecule has 2 aliphatic heterocycles. The summed E-state index contributed by atoms with van der Waals surface area (Å²) in [5.41, 5.74) is 4.82. The maximum absolute atomic E-state index is 12.0. The quantitative estimate of drug-likeness (QED) is 0.481. The predicted molar refractivity (Wildman–Crippen MR) is 124 cm³/mol. The minimum Gasteiger partial charge on any atom is -0.490 e. The number of aromatic nitrogens is 2. The van der Waals surface area contributed by atoms with Crippen LogP contribution in [-0.4, -0.2) is 40.2 Å². The fourth-order valence-corrected chi connectivity index (χ4v) is 4.36. The Balaban J connectivity index is 1.23. The highest BCUT2D eigenvalue weighted by atomic mass is 35.5. The Morgan fingerprint density at radius 2 is 1.97 bits per heavy atom. The Labute approximate surface area is 191 Å². The molecular formula is C23H30ClN5O3. The molecule has 1 amide bonds. The standard InChI is InChI=1S/C23H30ClN5O3/c1-16-22(31)26-23-25-20-17(15-29(16)23)10-11-18(24)21(20)32-14-8-3-2-5-9-19(30)27-28-12-6-4-7-13-28/h10-11H,1-9,12-15H2,(H,27,30)(H,25,26,31). The van der Waals surface area contributed by atoms with Crippen LogP contribution in [0.15, 0.2) is 21.9 Å². The second-order valence-electron chi connectivity index (χ2n) is 8.40. The molecule has 1 aromatic heterocycles. The van der Waals surface area contributed by atoms with Gasteiger partial charge in [0.25, 0.3) is 5.56 Å². The van der Waals surface area contributed by atoms with Crippen molar-refractivity contribution >= 4 is 29.8 Å². The average molecular weight is 460 g/mol. The molecule has 3 heterocycles. The largest absolute Gasteiger partial charge is 0.490 e. The van der Waals surface area contributed by atoms with Crippen LogP contribution in [0.25, 0.3) is 6.58 Å². The topological polar surface area (TPSA) is 91.7 Å². The highest BCUT2D eigenvalue weighted by Crippen LogP contribution is 2.39. The van der Waals surface area contributed by atoms with Crippen LogP contribution in [0, 0.1) is 0 Å². The number of rotatable bonds is 9. The van der Waals surface area contributed by atoms with Gasteiger partial charge in [-0.1, -0.05) is 43.5 Å². The van der Waals surface area contributed by atoms with Crippen LogP contribution in [0.2, 0.25) is 5.02 Å². The zero-order valence-corrected chi connectivity index (χ0v) is 19.0. The van der Waals surface area contributed by atoms with Gasteiger partial charge in [-0.25, -0.2) is 10.0 Å². The molecule has 0 aliphatic carbocycles. The number of aromatic amines is 1. The predicted octanol–water partition coefficient (Wildman–Crippen LogP) is 2.40. The van der Waals surface area contributed by atoms with Gasteiger partial charge in [0.1, 0.15) is 11.0 Å². The Hall–Kier alpha value is -2.58. The first-order valence-electron chi connectivity index (χ1n) is 11.4. The van der Waals surface area contributed by atoms with Crippen LogP contribution in [0.1, 0.15) is 56.9 Å². The first kappa shape index (κ1) is 22.6. The van der Waals surface area contributed by atoms with E-state index in [0.29, 0.717) is 47.0 Å². The summed E-state index contributed by atoms with van der Waals surface area (Å²) in [4.78, 5) is 31.2. The zero-order chi connectivity index (χ0) is 22.5. The molecule has 0 atom stereocenters. The van der Waals surface area contributed by atoms with Gasteiger partial charge in [-0.3, -0.25) is 20.0 Å². The maximum Gasteiger partial charge on any atom is 0.274 e. The summed E-state index contributed by atoms with van der Waals surface area (Å²) in [5, 5.41) is 2.93. The van der Waals surface area contributed by atoms with Gasteiger partial charge >= 0.3 is 0 Å². The Kier molecular flexibility index (Phi) is 7.32. The molecule has 0 radical (unpaired) electrons. The minimum atomic E-state index is -0.241. The number of nitrogens with zero attached hydrogens (tertiary/aromatic N) is 3. The highest BCUT2D eigenvalue weighted by molar-refractivity contribution is 6.32. The number of nitrogens with one attached hydrogen (secondary N) is 2. The number of fused-ring (bicyclic) bond motifs is 2.